The highest BCUT2D eigenvalue weighted by Crippen LogP contribution is 2.20. The maximum atomic E-state index is 12.6. The summed E-state index contributed by atoms with van der Waals surface area (Å²) in [7, 11) is 1.51. The molecule has 7 nitrogen and oxygen atoms in total. The van der Waals surface area contributed by atoms with Crippen molar-refractivity contribution in [3.05, 3.63) is 77.9 Å². The van der Waals surface area contributed by atoms with Crippen molar-refractivity contribution < 1.29 is 9.59 Å². The highest BCUT2D eigenvalue weighted by atomic mass is 16.2. The van der Waals surface area contributed by atoms with Gasteiger partial charge < -0.3 is 9.72 Å². The molecule has 0 spiro atoms. The first-order valence-electron chi connectivity index (χ1n) is 8.47. The Morgan fingerprint density at radius 1 is 1.19 bits per heavy atom. The Morgan fingerprint density at radius 3 is 2.78 bits per heavy atom. The normalized spacial score (nSPS) is 10.9. The number of rotatable bonds is 5. The molecule has 0 saturated heterocycles. The molecule has 0 aliphatic rings. The first-order chi connectivity index (χ1) is 13.2. The van der Waals surface area contributed by atoms with E-state index in [1.165, 1.54) is 13.2 Å². The van der Waals surface area contributed by atoms with E-state index in [2.05, 4.69) is 20.5 Å². The van der Waals surface area contributed by atoms with Gasteiger partial charge in [-0.2, -0.15) is 5.10 Å². The van der Waals surface area contributed by atoms with Gasteiger partial charge in [-0.1, -0.05) is 30.3 Å². The molecule has 0 radical (unpaired) electrons. The molecular weight excluding hydrogens is 342 g/mol. The Bertz CT molecular complexity index is 1130. The van der Waals surface area contributed by atoms with Crippen LogP contribution in [0.15, 0.2) is 61.1 Å². The van der Waals surface area contributed by atoms with E-state index in [4.69, 9.17) is 0 Å². The molecule has 0 aliphatic heterocycles. The molecule has 0 bridgehead atoms. The van der Waals surface area contributed by atoms with Gasteiger partial charge in [0.05, 0.1) is 17.5 Å². The summed E-state index contributed by atoms with van der Waals surface area (Å²) >= 11 is 0. The number of hydrogen-bond donors (Lipinski definition) is 2. The quantitative estimate of drug-likeness (QED) is 0.536. The first-order valence-corrected chi connectivity index (χ1v) is 8.47. The Labute approximate surface area is 155 Å². The standard InChI is InChI=1S/C20H17N5O2/c1-21-20(27)15-11-22-24-19(15)17(26)9-13-7-8-25-12-16(23-18(25)10-13)14-5-3-2-4-6-14/h2-8,10-12H,9H2,1H3,(H,21,27)(H,22,24). The molecule has 7 heteroatoms. The van der Waals surface area contributed by atoms with Crippen molar-refractivity contribution in [2.24, 2.45) is 0 Å². The predicted octanol–water partition coefficient (Wildman–Crippen LogP) is 2.51. The first kappa shape index (κ1) is 16.7. The smallest absolute Gasteiger partial charge is 0.254 e. The number of ketones is 1. The van der Waals surface area contributed by atoms with Gasteiger partial charge in [-0.25, -0.2) is 4.98 Å². The Kier molecular flexibility index (Phi) is 4.25. The minimum Gasteiger partial charge on any atom is -0.355 e. The summed E-state index contributed by atoms with van der Waals surface area (Å²) in [6.07, 6.45) is 5.34. The zero-order chi connectivity index (χ0) is 18.8. The number of amides is 1. The lowest BCUT2D eigenvalue weighted by molar-refractivity contribution is 0.0940. The van der Waals surface area contributed by atoms with Gasteiger partial charge in [-0.15, -0.1) is 0 Å². The van der Waals surface area contributed by atoms with Crippen molar-refractivity contribution in [3.8, 4) is 11.3 Å². The van der Waals surface area contributed by atoms with E-state index < -0.39 is 0 Å². The number of pyridine rings is 1. The number of nitrogens with one attached hydrogen (secondary N) is 2. The monoisotopic (exact) mass is 359 g/mol. The van der Waals surface area contributed by atoms with Crippen LogP contribution in [0, 0.1) is 0 Å². The molecule has 4 aromatic rings. The lowest BCUT2D eigenvalue weighted by Crippen LogP contribution is -2.20. The number of aromatic nitrogens is 4. The van der Waals surface area contributed by atoms with E-state index in [1.54, 1.807) is 0 Å². The van der Waals surface area contributed by atoms with Gasteiger partial charge in [-0.3, -0.25) is 14.7 Å². The number of hydrogen-bond acceptors (Lipinski definition) is 4. The molecule has 3 heterocycles. The van der Waals surface area contributed by atoms with Crippen LogP contribution in [0.4, 0.5) is 0 Å². The fourth-order valence-electron chi connectivity index (χ4n) is 2.96. The largest absolute Gasteiger partial charge is 0.355 e. The van der Waals surface area contributed by atoms with Crippen LogP contribution in [0.1, 0.15) is 26.4 Å². The number of H-pyrrole nitrogens is 1. The fraction of sp³-hybridized carbons (Fsp3) is 0.100. The third-order valence-electron chi connectivity index (χ3n) is 4.35. The SMILES string of the molecule is CNC(=O)c1cn[nH]c1C(=O)Cc1ccn2cc(-c3ccccc3)nc2c1. The van der Waals surface area contributed by atoms with Crippen LogP contribution in [0.25, 0.3) is 16.9 Å². The minimum absolute atomic E-state index is 0.149. The van der Waals surface area contributed by atoms with E-state index in [1.807, 2.05) is 59.3 Å². The van der Waals surface area contributed by atoms with Crippen molar-refractivity contribution in [1.82, 2.24) is 24.9 Å². The Morgan fingerprint density at radius 2 is 2.00 bits per heavy atom. The zero-order valence-corrected chi connectivity index (χ0v) is 14.6. The molecule has 0 atom stereocenters. The maximum Gasteiger partial charge on any atom is 0.254 e. The summed E-state index contributed by atoms with van der Waals surface area (Å²) in [6, 6.07) is 13.7. The molecule has 27 heavy (non-hydrogen) atoms. The zero-order valence-electron chi connectivity index (χ0n) is 14.6. The third-order valence-corrected chi connectivity index (χ3v) is 4.35. The lowest BCUT2D eigenvalue weighted by Gasteiger charge is -2.03. The van der Waals surface area contributed by atoms with Gasteiger partial charge in [0.1, 0.15) is 11.3 Å². The van der Waals surface area contributed by atoms with Crippen molar-refractivity contribution >= 4 is 17.3 Å². The summed E-state index contributed by atoms with van der Waals surface area (Å²) in [5.74, 6) is -0.548. The number of Topliss-reactive ketones (excluding diaryl/α,β-unsaturated/α-hetero) is 1. The van der Waals surface area contributed by atoms with Crippen LogP contribution in [-0.4, -0.2) is 38.3 Å². The average molecular weight is 359 g/mol. The number of benzene rings is 1. The van der Waals surface area contributed by atoms with Gasteiger partial charge in [0.25, 0.3) is 5.91 Å². The van der Waals surface area contributed by atoms with Crippen LogP contribution < -0.4 is 5.32 Å². The lowest BCUT2D eigenvalue weighted by atomic mass is 10.1. The number of carbonyl (C=O) groups is 2. The van der Waals surface area contributed by atoms with Gasteiger partial charge >= 0.3 is 0 Å². The molecule has 4 rings (SSSR count). The van der Waals surface area contributed by atoms with E-state index in [9.17, 15) is 9.59 Å². The van der Waals surface area contributed by atoms with Crippen LogP contribution in [0.5, 0.6) is 0 Å². The second-order valence-corrected chi connectivity index (χ2v) is 6.13. The average Bonchev–Trinajstić information content (AvgIpc) is 3.35. The number of carbonyl (C=O) groups excluding carboxylic acids is 2. The molecule has 2 N–H and O–H groups in total. The van der Waals surface area contributed by atoms with Gasteiger partial charge in [0.2, 0.25) is 0 Å². The van der Waals surface area contributed by atoms with E-state index >= 15 is 0 Å². The molecule has 0 aliphatic carbocycles. The van der Waals surface area contributed by atoms with Crippen LogP contribution in [0.3, 0.4) is 0 Å². The topological polar surface area (TPSA) is 92.1 Å². The van der Waals surface area contributed by atoms with Gasteiger partial charge in [-0.05, 0) is 17.7 Å². The predicted molar refractivity (Wildman–Crippen MR) is 101 cm³/mol. The van der Waals surface area contributed by atoms with E-state index in [0.717, 1.165) is 22.5 Å². The second-order valence-electron chi connectivity index (χ2n) is 6.13. The third kappa shape index (κ3) is 3.22. The molecule has 134 valence electrons. The van der Waals surface area contributed by atoms with Crippen LogP contribution in [0.2, 0.25) is 0 Å². The van der Waals surface area contributed by atoms with Crippen molar-refractivity contribution in [1.29, 1.82) is 0 Å². The molecule has 0 saturated carbocycles. The van der Waals surface area contributed by atoms with Crippen LogP contribution in [-0.2, 0) is 6.42 Å². The van der Waals surface area contributed by atoms with Crippen molar-refractivity contribution in [2.75, 3.05) is 7.05 Å². The summed E-state index contributed by atoms with van der Waals surface area (Å²) in [4.78, 5) is 29.1. The molecule has 0 fully saturated rings. The molecule has 1 aromatic carbocycles. The summed E-state index contributed by atoms with van der Waals surface area (Å²) < 4.78 is 1.92. The molecule has 0 unspecified atom stereocenters. The summed E-state index contributed by atoms with van der Waals surface area (Å²) in [6.45, 7) is 0. The van der Waals surface area contributed by atoms with Crippen molar-refractivity contribution in [2.45, 2.75) is 6.42 Å². The number of fused-ring (bicyclic) bond motifs is 1. The fourth-order valence-corrected chi connectivity index (χ4v) is 2.96. The van der Waals surface area contributed by atoms with E-state index in [0.29, 0.717) is 0 Å². The highest BCUT2D eigenvalue weighted by molar-refractivity contribution is 6.07. The molecule has 3 aromatic heterocycles. The summed E-state index contributed by atoms with van der Waals surface area (Å²) in [5.41, 5.74) is 3.94. The van der Waals surface area contributed by atoms with Gasteiger partial charge in [0.15, 0.2) is 5.78 Å². The number of nitrogens with zero attached hydrogens (tertiary/aromatic N) is 3. The number of aromatic amines is 1. The number of imidazole rings is 1. The minimum atomic E-state index is -0.344. The van der Waals surface area contributed by atoms with Crippen molar-refractivity contribution in [3.63, 3.8) is 0 Å². The van der Waals surface area contributed by atoms with E-state index in [-0.39, 0.29) is 29.4 Å². The highest BCUT2D eigenvalue weighted by Gasteiger charge is 2.19. The van der Waals surface area contributed by atoms with Crippen LogP contribution >= 0.6 is 0 Å². The Hall–Kier alpha value is -3.74. The molecular formula is C20H17N5O2. The summed E-state index contributed by atoms with van der Waals surface area (Å²) in [5, 5.41) is 8.94. The second kappa shape index (κ2) is 6.87. The molecule has 1 amide bonds. The Balaban J connectivity index is 1.60. The maximum absolute atomic E-state index is 12.6. The van der Waals surface area contributed by atoms with Gasteiger partial charge in [0, 0.05) is 31.4 Å².